The number of ether oxygens (including phenoxy) is 2. The molecule has 3 rings (SSSR count). The second kappa shape index (κ2) is 5.61. The van der Waals surface area contributed by atoms with Crippen LogP contribution in [0.2, 0.25) is 0 Å². The van der Waals surface area contributed by atoms with Crippen molar-refractivity contribution in [3.8, 4) is 11.5 Å². The number of para-hydroxylation sites is 1. The van der Waals surface area contributed by atoms with Crippen molar-refractivity contribution in [1.29, 1.82) is 0 Å². The van der Waals surface area contributed by atoms with Gasteiger partial charge in [0.1, 0.15) is 18.1 Å². The molecule has 0 spiro atoms. The van der Waals surface area contributed by atoms with Crippen molar-refractivity contribution in [2.24, 2.45) is 0 Å². The van der Waals surface area contributed by atoms with E-state index in [2.05, 4.69) is 17.1 Å². The van der Waals surface area contributed by atoms with Crippen molar-refractivity contribution < 1.29 is 9.47 Å². The number of nitrogens with zero attached hydrogens (tertiary/aromatic N) is 1. The third-order valence-corrected chi connectivity index (χ3v) is 3.17. The molecule has 1 heterocycles. The van der Waals surface area contributed by atoms with Crippen LogP contribution in [0.15, 0.2) is 60.8 Å². The summed E-state index contributed by atoms with van der Waals surface area (Å²) in [6, 6.07) is 17.7. The number of rotatable bonds is 4. The molecule has 1 aromatic heterocycles. The van der Waals surface area contributed by atoms with Gasteiger partial charge in [0.15, 0.2) is 0 Å². The molecule has 0 saturated carbocycles. The Kier molecular flexibility index (Phi) is 3.50. The van der Waals surface area contributed by atoms with Gasteiger partial charge in [-0.2, -0.15) is 0 Å². The number of benzene rings is 2. The van der Waals surface area contributed by atoms with Crippen LogP contribution in [-0.4, -0.2) is 12.1 Å². The van der Waals surface area contributed by atoms with Gasteiger partial charge in [-0.05, 0) is 30.3 Å². The van der Waals surface area contributed by atoms with Crippen LogP contribution < -0.4 is 9.47 Å². The van der Waals surface area contributed by atoms with Crippen LogP contribution in [0.4, 0.5) is 0 Å². The predicted octanol–water partition coefficient (Wildman–Crippen LogP) is 3.82. The minimum absolute atomic E-state index is 0.501. The summed E-state index contributed by atoms with van der Waals surface area (Å²) < 4.78 is 10.9. The van der Waals surface area contributed by atoms with E-state index in [0.29, 0.717) is 6.61 Å². The summed E-state index contributed by atoms with van der Waals surface area (Å²) in [6.07, 6.45) is 1.80. The second-order valence-corrected chi connectivity index (χ2v) is 4.46. The Balaban J connectivity index is 1.79. The van der Waals surface area contributed by atoms with E-state index in [1.165, 1.54) is 0 Å². The molecule has 0 fully saturated rings. The Morgan fingerprint density at radius 2 is 1.65 bits per heavy atom. The second-order valence-electron chi connectivity index (χ2n) is 4.46. The molecule has 3 aromatic rings. The molecular weight excluding hydrogens is 250 g/mol. The van der Waals surface area contributed by atoms with E-state index < -0.39 is 0 Å². The molecular formula is C17H15NO2. The van der Waals surface area contributed by atoms with Crippen LogP contribution in [0.1, 0.15) is 5.56 Å². The van der Waals surface area contributed by atoms with Gasteiger partial charge in [-0.25, -0.2) is 0 Å². The lowest BCUT2D eigenvalue weighted by atomic mass is 10.1. The lowest BCUT2D eigenvalue weighted by Crippen LogP contribution is -1.97. The Morgan fingerprint density at radius 3 is 2.45 bits per heavy atom. The topological polar surface area (TPSA) is 31.4 Å². The number of methoxy groups -OCH3 is 1. The molecule has 0 amide bonds. The summed E-state index contributed by atoms with van der Waals surface area (Å²) in [5.41, 5.74) is 2.07. The van der Waals surface area contributed by atoms with Crippen LogP contribution in [0, 0.1) is 0 Å². The zero-order valence-electron chi connectivity index (χ0n) is 11.2. The first-order valence-corrected chi connectivity index (χ1v) is 6.46. The Morgan fingerprint density at radius 1 is 0.900 bits per heavy atom. The van der Waals surface area contributed by atoms with Crippen molar-refractivity contribution in [3.05, 3.63) is 66.4 Å². The fraction of sp³-hybridized carbons (Fsp3) is 0.118. The monoisotopic (exact) mass is 265 g/mol. The van der Waals surface area contributed by atoms with Crippen molar-refractivity contribution in [2.75, 3.05) is 7.11 Å². The molecule has 0 N–H and O–H groups in total. The largest absolute Gasteiger partial charge is 0.497 e. The highest BCUT2D eigenvalue weighted by atomic mass is 16.5. The van der Waals surface area contributed by atoms with E-state index in [1.807, 2.05) is 42.5 Å². The molecule has 3 nitrogen and oxygen atoms in total. The number of fused-ring (bicyclic) bond motifs is 1. The molecule has 20 heavy (non-hydrogen) atoms. The SMILES string of the molecule is COc1ccc(OCc2cccc3cccnc23)cc1. The van der Waals surface area contributed by atoms with Gasteiger partial charge in [-0.3, -0.25) is 4.98 Å². The maximum Gasteiger partial charge on any atom is 0.120 e. The van der Waals surface area contributed by atoms with E-state index in [9.17, 15) is 0 Å². The van der Waals surface area contributed by atoms with E-state index in [0.717, 1.165) is 28.0 Å². The first-order chi connectivity index (χ1) is 9.86. The lowest BCUT2D eigenvalue weighted by molar-refractivity contribution is 0.306. The molecule has 0 atom stereocenters. The molecule has 0 aliphatic heterocycles. The molecule has 0 radical (unpaired) electrons. The van der Waals surface area contributed by atoms with Gasteiger partial charge in [0.25, 0.3) is 0 Å². The molecule has 2 aromatic carbocycles. The number of hydrogen-bond donors (Lipinski definition) is 0. The molecule has 0 saturated heterocycles. The fourth-order valence-corrected chi connectivity index (χ4v) is 2.12. The van der Waals surface area contributed by atoms with Gasteiger partial charge >= 0.3 is 0 Å². The van der Waals surface area contributed by atoms with E-state index in [1.54, 1.807) is 13.3 Å². The zero-order chi connectivity index (χ0) is 13.8. The molecule has 3 heteroatoms. The van der Waals surface area contributed by atoms with Crippen LogP contribution in [0.25, 0.3) is 10.9 Å². The Labute approximate surface area is 117 Å². The molecule has 0 bridgehead atoms. The molecule has 100 valence electrons. The summed E-state index contributed by atoms with van der Waals surface area (Å²) >= 11 is 0. The summed E-state index contributed by atoms with van der Waals surface area (Å²) in [5, 5.41) is 1.13. The normalized spacial score (nSPS) is 10.4. The lowest BCUT2D eigenvalue weighted by Gasteiger charge is -2.09. The van der Waals surface area contributed by atoms with Crippen molar-refractivity contribution in [3.63, 3.8) is 0 Å². The van der Waals surface area contributed by atoms with Gasteiger partial charge < -0.3 is 9.47 Å². The highest BCUT2D eigenvalue weighted by molar-refractivity contribution is 5.81. The Bertz CT molecular complexity index is 702. The third kappa shape index (κ3) is 2.57. The minimum Gasteiger partial charge on any atom is -0.497 e. The first kappa shape index (κ1) is 12.5. The summed E-state index contributed by atoms with van der Waals surface area (Å²) in [5.74, 6) is 1.64. The van der Waals surface area contributed by atoms with Crippen LogP contribution in [0.5, 0.6) is 11.5 Å². The standard InChI is InChI=1S/C17H15NO2/c1-19-15-7-9-16(10-8-15)20-12-14-5-2-4-13-6-3-11-18-17(13)14/h2-11H,12H2,1H3. The van der Waals surface area contributed by atoms with Crippen LogP contribution in [-0.2, 0) is 6.61 Å². The summed E-state index contributed by atoms with van der Waals surface area (Å²) in [6.45, 7) is 0.501. The molecule has 0 aliphatic rings. The molecule has 0 unspecified atom stereocenters. The average Bonchev–Trinajstić information content (AvgIpc) is 2.53. The van der Waals surface area contributed by atoms with Crippen molar-refractivity contribution in [1.82, 2.24) is 4.98 Å². The minimum atomic E-state index is 0.501. The van der Waals surface area contributed by atoms with Gasteiger partial charge in [-0.1, -0.05) is 24.3 Å². The van der Waals surface area contributed by atoms with Gasteiger partial charge in [-0.15, -0.1) is 0 Å². The Hall–Kier alpha value is -2.55. The maximum absolute atomic E-state index is 5.80. The summed E-state index contributed by atoms with van der Waals surface area (Å²) in [4.78, 5) is 4.42. The maximum atomic E-state index is 5.80. The smallest absolute Gasteiger partial charge is 0.120 e. The summed E-state index contributed by atoms with van der Waals surface area (Å²) in [7, 11) is 1.65. The van der Waals surface area contributed by atoms with E-state index in [4.69, 9.17) is 9.47 Å². The quantitative estimate of drug-likeness (QED) is 0.718. The first-order valence-electron chi connectivity index (χ1n) is 6.46. The zero-order valence-corrected chi connectivity index (χ0v) is 11.2. The fourth-order valence-electron chi connectivity index (χ4n) is 2.12. The van der Waals surface area contributed by atoms with Gasteiger partial charge in [0.2, 0.25) is 0 Å². The van der Waals surface area contributed by atoms with Crippen LogP contribution in [0.3, 0.4) is 0 Å². The van der Waals surface area contributed by atoms with E-state index in [-0.39, 0.29) is 0 Å². The number of aromatic nitrogens is 1. The molecule has 0 aliphatic carbocycles. The van der Waals surface area contributed by atoms with Crippen molar-refractivity contribution in [2.45, 2.75) is 6.61 Å². The van der Waals surface area contributed by atoms with E-state index >= 15 is 0 Å². The van der Waals surface area contributed by atoms with Crippen molar-refractivity contribution >= 4 is 10.9 Å². The van der Waals surface area contributed by atoms with Gasteiger partial charge in [0, 0.05) is 17.1 Å². The van der Waals surface area contributed by atoms with Gasteiger partial charge in [0.05, 0.1) is 12.6 Å². The predicted molar refractivity (Wildman–Crippen MR) is 79.1 cm³/mol. The van der Waals surface area contributed by atoms with Crippen LogP contribution >= 0.6 is 0 Å². The number of pyridine rings is 1. The highest BCUT2D eigenvalue weighted by Gasteiger charge is 2.03. The highest BCUT2D eigenvalue weighted by Crippen LogP contribution is 2.20. The number of hydrogen-bond acceptors (Lipinski definition) is 3. The average molecular weight is 265 g/mol. The third-order valence-electron chi connectivity index (χ3n) is 3.17.